The smallest absolute Gasteiger partial charge is 0.126 e. The van der Waals surface area contributed by atoms with E-state index in [0.717, 1.165) is 28.0 Å². The van der Waals surface area contributed by atoms with Gasteiger partial charge in [-0.05, 0) is 47.9 Å². The second kappa shape index (κ2) is 5.55. The fraction of sp³-hybridized carbons (Fsp3) is 0.188. The number of aryl methyl sites for hydroxylation is 1. The fourth-order valence-corrected chi connectivity index (χ4v) is 2.07. The van der Waals surface area contributed by atoms with Crippen LogP contribution in [0.1, 0.15) is 16.7 Å². The van der Waals surface area contributed by atoms with Crippen LogP contribution in [0.15, 0.2) is 36.4 Å². The van der Waals surface area contributed by atoms with E-state index in [1.54, 1.807) is 13.2 Å². The van der Waals surface area contributed by atoms with Gasteiger partial charge in [0.2, 0.25) is 0 Å². The van der Waals surface area contributed by atoms with Crippen molar-refractivity contribution in [1.82, 2.24) is 0 Å². The van der Waals surface area contributed by atoms with Crippen LogP contribution in [0.2, 0.25) is 0 Å². The Bertz CT molecular complexity index is 642. The highest BCUT2D eigenvalue weighted by molar-refractivity contribution is 5.75. The van der Waals surface area contributed by atoms with Crippen molar-refractivity contribution in [2.75, 3.05) is 7.11 Å². The quantitative estimate of drug-likeness (QED) is 0.913. The molecule has 2 N–H and O–H groups in total. The maximum Gasteiger partial charge on any atom is 0.126 e. The minimum Gasteiger partial charge on any atom is -0.496 e. The van der Waals surface area contributed by atoms with E-state index in [9.17, 15) is 0 Å². The molecule has 96 valence electrons. The lowest BCUT2D eigenvalue weighted by Crippen LogP contribution is -1.98. The van der Waals surface area contributed by atoms with E-state index in [-0.39, 0.29) is 0 Å². The molecule has 0 aliphatic rings. The van der Waals surface area contributed by atoms with Gasteiger partial charge in [-0.15, -0.1) is 0 Å². The lowest BCUT2D eigenvalue weighted by atomic mass is 9.96. The third kappa shape index (κ3) is 2.59. The van der Waals surface area contributed by atoms with Crippen LogP contribution < -0.4 is 10.5 Å². The molecule has 3 nitrogen and oxygen atoms in total. The molecule has 0 spiro atoms. The van der Waals surface area contributed by atoms with Crippen LogP contribution in [-0.2, 0) is 6.54 Å². The zero-order valence-corrected chi connectivity index (χ0v) is 11.1. The zero-order chi connectivity index (χ0) is 13.8. The van der Waals surface area contributed by atoms with Crippen LogP contribution in [0.25, 0.3) is 11.1 Å². The first-order chi connectivity index (χ1) is 9.19. The Morgan fingerprint density at radius 3 is 2.58 bits per heavy atom. The average molecular weight is 252 g/mol. The molecule has 0 amide bonds. The van der Waals surface area contributed by atoms with Gasteiger partial charge >= 0.3 is 0 Å². The van der Waals surface area contributed by atoms with Crippen LogP contribution >= 0.6 is 0 Å². The Morgan fingerprint density at radius 2 is 1.95 bits per heavy atom. The third-order valence-corrected chi connectivity index (χ3v) is 3.16. The van der Waals surface area contributed by atoms with Gasteiger partial charge in [0.05, 0.1) is 18.7 Å². The Balaban J connectivity index is 2.66. The van der Waals surface area contributed by atoms with Gasteiger partial charge in [0, 0.05) is 12.1 Å². The van der Waals surface area contributed by atoms with E-state index < -0.39 is 0 Å². The summed E-state index contributed by atoms with van der Waals surface area (Å²) in [5, 5.41) is 9.03. The SMILES string of the molecule is COc1ccc(C#N)cc1-c1cc(CN)ccc1C. The molecule has 0 unspecified atom stereocenters. The number of nitriles is 1. The number of nitrogens with two attached hydrogens (primary N) is 1. The van der Waals surface area contributed by atoms with Crippen molar-refractivity contribution < 1.29 is 4.74 Å². The summed E-state index contributed by atoms with van der Waals surface area (Å²) in [4.78, 5) is 0. The Labute approximate surface area is 113 Å². The van der Waals surface area contributed by atoms with E-state index in [4.69, 9.17) is 15.7 Å². The van der Waals surface area contributed by atoms with E-state index in [0.29, 0.717) is 12.1 Å². The van der Waals surface area contributed by atoms with E-state index in [1.807, 2.05) is 37.3 Å². The molecule has 2 aromatic rings. The van der Waals surface area contributed by atoms with Gasteiger partial charge in [-0.1, -0.05) is 12.1 Å². The molecule has 0 fully saturated rings. The standard InChI is InChI=1S/C16H16N2O/c1-11-3-4-12(9-17)7-14(11)15-8-13(10-18)5-6-16(15)19-2/h3-8H,9,17H2,1-2H3. The van der Waals surface area contributed by atoms with Gasteiger partial charge < -0.3 is 10.5 Å². The van der Waals surface area contributed by atoms with Crippen molar-refractivity contribution >= 4 is 0 Å². The summed E-state index contributed by atoms with van der Waals surface area (Å²) in [5.41, 5.74) is 10.5. The first kappa shape index (κ1) is 13.1. The Morgan fingerprint density at radius 1 is 1.16 bits per heavy atom. The lowest BCUT2D eigenvalue weighted by molar-refractivity contribution is 0.416. The second-order valence-corrected chi connectivity index (χ2v) is 4.38. The summed E-state index contributed by atoms with van der Waals surface area (Å²) in [6.45, 7) is 2.53. The van der Waals surface area contributed by atoms with Gasteiger partial charge in [0.25, 0.3) is 0 Å². The maximum atomic E-state index is 9.03. The van der Waals surface area contributed by atoms with Gasteiger partial charge in [0.1, 0.15) is 5.75 Å². The van der Waals surface area contributed by atoms with Crippen LogP contribution in [-0.4, -0.2) is 7.11 Å². The largest absolute Gasteiger partial charge is 0.496 e. The molecule has 0 saturated carbocycles. The molecule has 2 rings (SSSR count). The second-order valence-electron chi connectivity index (χ2n) is 4.38. The number of hydrogen-bond donors (Lipinski definition) is 1. The summed E-state index contributed by atoms with van der Waals surface area (Å²) in [6.07, 6.45) is 0. The van der Waals surface area contributed by atoms with E-state index in [1.165, 1.54) is 0 Å². The zero-order valence-electron chi connectivity index (χ0n) is 11.1. The molecule has 0 atom stereocenters. The number of nitrogens with zero attached hydrogens (tertiary/aromatic N) is 1. The van der Waals surface area contributed by atoms with Gasteiger partial charge in [0.15, 0.2) is 0 Å². The number of hydrogen-bond acceptors (Lipinski definition) is 3. The van der Waals surface area contributed by atoms with Crippen molar-refractivity contribution in [3.05, 3.63) is 53.1 Å². The predicted octanol–water partition coefficient (Wildman–Crippen LogP) is 3.00. The van der Waals surface area contributed by atoms with E-state index in [2.05, 4.69) is 6.07 Å². The van der Waals surface area contributed by atoms with Crippen molar-refractivity contribution in [2.24, 2.45) is 5.73 Å². The summed E-state index contributed by atoms with van der Waals surface area (Å²) in [5.74, 6) is 0.760. The topological polar surface area (TPSA) is 59.0 Å². The van der Waals surface area contributed by atoms with Crippen molar-refractivity contribution in [1.29, 1.82) is 5.26 Å². The van der Waals surface area contributed by atoms with Crippen LogP contribution in [0, 0.1) is 18.3 Å². The minimum absolute atomic E-state index is 0.494. The number of methoxy groups -OCH3 is 1. The minimum atomic E-state index is 0.494. The first-order valence-corrected chi connectivity index (χ1v) is 6.07. The fourth-order valence-electron chi connectivity index (χ4n) is 2.07. The molecule has 0 bridgehead atoms. The monoisotopic (exact) mass is 252 g/mol. The summed E-state index contributed by atoms with van der Waals surface area (Å²) in [6, 6.07) is 13.7. The molecule has 19 heavy (non-hydrogen) atoms. The lowest BCUT2D eigenvalue weighted by Gasteiger charge is -2.12. The third-order valence-electron chi connectivity index (χ3n) is 3.16. The van der Waals surface area contributed by atoms with Crippen molar-refractivity contribution in [3.8, 4) is 22.9 Å². The molecule has 0 aliphatic carbocycles. The molecule has 0 heterocycles. The first-order valence-electron chi connectivity index (χ1n) is 6.07. The van der Waals surface area contributed by atoms with E-state index >= 15 is 0 Å². The molecule has 0 aromatic heterocycles. The highest BCUT2D eigenvalue weighted by Crippen LogP contribution is 2.33. The summed E-state index contributed by atoms with van der Waals surface area (Å²) >= 11 is 0. The Kier molecular flexibility index (Phi) is 3.84. The highest BCUT2D eigenvalue weighted by atomic mass is 16.5. The number of ether oxygens (including phenoxy) is 1. The predicted molar refractivity (Wildman–Crippen MR) is 75.8 cm³/mol. The van der Waals surface area contributed by atoms with Crippen LogP contribution in [0.3, 0.4) is 0 Å². The van der Waals surface area contributed by atoms with Crippen LogP contribution in [0.5, 0.6) is 5.75 Å². The molecular weight excluding hydrogens is 236 g/mol. The highest BCUT2D eigenvalue weighted by Gasteiger charge is 2.10. The maximum absolute atomic E-state index is 9.03. The molecule has 0 radical (unpaired) electrons. The molecular formula is C16H16N2O. The normalized spacial score (nSPS) is 10.0. The summed E-state index contributed by atoms with van der Waals surface area (Å²) < 4.78 is 5.39. The van der Waals surface area contributed by atoms with Crippen molar-refractivity contribution in [2.45, 2.75) is 13.5 Å². The van der Waals surface area contributed by atoms with Gasteiger partial charge in [-0.2, -0.15) is 5.26 Å². The summed E-state index contributed by atoms with van der Waals surface area (Å²) in [7, 11) is 1.63. The molecule has 3 heteroatoms. The molecule has 0 aliphatic heterocycles. The van der Waals surface area contributed by atoms with Gasteiger partial charge in [-0.3, -0.25) is 0 Å². The van der Waals surface area contributed by atoms with Gasteiger partial charge in [-0.25, -0.2) is 0 Å². The Hall–Kier alpha value is -2.31. The van der Waals surface area contributed by atoms with Crippen LogP contribution in [0.4, 0.5) is 0 Å². The van der Waals surface area contributed by atoms with Crippen molar-refractivity contribution in [3.63, 3.8) is 0 Å². The average Bonchev–Trinajstić information content (AvgIpc) is 2.47. The molecule has 0 saturated heterocycles. The number of rotatable bonds is 3. The number of benzene rings is 2. The molecule has 2 aromatic carbocycles.